The number of hydrogen-bond donors (Lipinski definition) is 1. The molecule has 2 rings (SSSR count). The second kappa shape index (κ2) is 11.6. The number of nitrogens with one attached hydrogen (secondary N) is 1. The average molecular weight is 441 g/mol. The van der Waals surface area contributed by atoms with E-state index in [1.807, 2.05) is 76.2 Å². The molecular weight excluding hydrogens is 404 g/mol. The molecule has 0 heterocycles. The minimum Gasteiger partial charge on any atom is -0.497 e. The van der Waals surface area contributed by atoms with Crippen LogP contribution in [0.15, 0.2) is 48.5 Å². The Balaban J connectivity index is 2.23. The lowest BCUT2D eigenvalue weighted by Gasteiger charge is -2.33. The Hall–Kier alpha value is -3.02. The SMILES string of the molecule is CCc1ccc(OCC(=O)N(Cc2cccc(OC)c2)[C@@H](CC)C(=O)NC(C)(C)C)cc1. The van der Waals surface area contributed by atoms with E-state index >= 15 is 0 Å². The highest BCUT2D eigenvalue weighted by Crippen LogP contribution is 2.19. The monoisotopic (exact) mass is 440 g/mol. The van der Waals surface area contributed by atoms with Gasteiger partial charge in [0.05, 0.1) is 7.11 Å². The van der Waals surface area contributed by atoms with Crippen LogP contribution in [0.4, 0.5) is 0 Å². The average Bonchev–Trinajstić information content (AvgIpc) is 2.76. The zero-order valence-electron chi connectivity index (χ0n) is 20.1. The molecule has 1 N–H and O–H groups in total. The van der Waals surface area contributed by atoms with Crippen LogP contribution in [0.3, 0.4) is 0 Å². The van der Waals surface area contributed by atoms with Crippen molar-refractivity contribution in [3.05, 3.63) is 59.7 Å². The third-order valence-electron chi connectivity index (χ3n) is 5.07. The van der Waals surface area contributed by atoms with Crippen LogP contribution in [0.1, 0.15) is 52.2 Å². The van der Waals surface area contributed by atoms with E-state index in [9.17, 15) is 9.59 Å². The number of carbonyl (C=O) groups excluding carboxylic acids is 2. The topological polar surface area (TPSA) is 67.9 Å². The molecule has 0 aromatic heterocycles. The van der Waals surface area contributed by atoms with E-state index in [0.717, 1.165) is 12.0 Å². The molecule has 0 saturated carbocycles. The first-order chi connectivity index (χ1) is 15.2. The van der Waals surface area contributed by atoms with Crippen molar-refractivity contribution in [2.24, 2.45) is 0 Å². The van der Waals surface area contributed by atoms with Gasteiger partial charge in [-0.3, -0.25) is 9.59 Å². The molecular formula is C26H36N2O4. The molecule has 2 aromatic carbocycles. The molecule has 0 bridgehead atoms. The van der Waals surface area contributed by atoms with Crippen molar-refractivity contribution in [1.82, 2.24) is 10.2 Å². The van der Waals surface area contributed by atoms with Gasteiger partial charge < -0.3 is 19.7 Å². The van der Waals surface area contributed by atoms with E-state index in [-0.39, 0.29) is 25.0 Å². The fraction of sp³-hybridized carbons (Fsp3) is 0.462. The lowest BCUT2D eigenvalue weighted by Crippen LogP contribution is -2.54. The summed E-state index contributed by atoms with van der Waals surface area (Å²) in [4.78, 5) is 27.9. The van der Waals surface area contributed by atoms with Gasteiger partial charge in [-0.25, -0.2) is 0 Å². The van der Waals surface area contributed by atoms with Crippen LogP contribution in [0.5, 0.6) is 11.5 Å². The zero-order chi connectivity index (χ0) is 23.7. The lowest BCUT2D eigenvalue weighted by atomic mass is 10.1. The minimum absolute atomic E-state index is 0.144. The Morgan fingerprint density at radius 1 is 1.00 bits per heavy atom. The van der Waals surface area contributed by atoms with Gasteiger partial charge in [0.15, 0.2) is 6.61 Å². The summed E-state index contributed by atoms with van der Waals surface area (Å²) < 4.78 is 11.1. The van der Waals surface area contributed by atoms with Crippen molar-refractivity contribution in [2.45, 2.75) is 65.6 Å². The summed E-state index contributed by atoms with van der Waals surface area (Å²) in [5, 5.41) is 3.00. The molecule has 0 fully saturated rings. The molecule has 6 heteroatoms. The Bertz CT molecular complexity index is 887. The molecule has 1 atom stereocenters. The van der Waals surface area contributed by atoms with Crippen LogP contribution in [0, 0.1) is 0 Å². The predicted molar refractivity (Wildman–Crippen MR) is 127 cm³/mol. The third-order valence-corrected chi connectivity index (χ3v) is 5.07. The molecule has 0 aliphatic rings. The fourth-order valence-electron chi connectivity index (χ4n) is 3.39. The van der Waals surface area contributed by atoms with Gasteiger partial charge in [0, 0.05) is 12.1 Å². The molecule has 2 aromatic rings. The van der Waals surface area contributed by atoms with Crippen LogP contribution in [0.25, 0.3) is 0 Å². The van der Waals surface area contributed by atoms with Gasteiger partial charge >= 0.3 is 0 Å². The fourth-order valence-corrected chi connectivity index (χ4v) is 3.39. The van der Waals surface area contributed by atoms with Crippen LogP contribution >= 0.6 is 0 Å². The Morgan fingerprint density at radius 3 is 2.25 bits per heavy atom. The van der Waals surface area contributed by atoms with E-state index < -0.39 is 11.6 Å². The van der Waals surface area contributed by atoms with E-state index in [4.69, 9.17) is 9.47 Å². The Kier molecular flexibility index (Phi) is 9.12. The second-order valence-electron chi connectivity index (χ2n) is 8.82. The molecule has 32 heavy (non-hydrogen) atoms. The first-order valence-electron chi connectivity index (χ1n) is 11.1. The number of aryl methyl sites for hydroxylation is 1. The van der Waals surface area contributed by atoms with E-state index in [1.54, 1.807) is 12.0 Å². The summed E-state index contributed by atoms with van der Waals surface area (Å²) in [5.74, 6) is 0.908. The maximum atomic E-state index is 13.3. The zero-order valence-corrected chi connectivity index (χ0v) is 20.1. The van der Waals surface area contributed by atoms with Crippen molar-refractivity contribution in [2.75, 3.05) is 13.7 Å². The van der Waals surface area contributed by atoms with Crippen molar-refractivity contribution >= 4 is 11.8 Å². The van der Waals surface area contributed by atoms with Gasteiger partial charge in [-0.2, -0.15) is 0 Å². The standard InChI is InChI=1S/C26H36N2O4/c1-7-19-12-14-21(15-13-19)32-18-24(29)28(17-20-10-9-11-22(16-20)31-6)23(8-2)25(30)27-26(3,4)5/h9-16,23H,7-8,17-18H2,1-6H3,(H,27,30)/t23-/m0/s1. The third kappa shape index (κ3) is 7.59. The summed E-state index contributed by atoms with van der Waals surface area (Å²) in [6.45, 7) is 9.91. The van der Waals surface area contributed by atoms with E-state index in [0.29, 0.717) is 17.9 Å². The second-order valence-corrected chi connectivity index (χ2v) is 8.82. The highest BCUT2D eigenvalue weighted by atomic mass is 16.5. The lowest BCUT2D eigenvalue weighted by molar-refractivity contribution is -0.143. The number of carbonyl (C=O) groups is 2. The number of benzene rings is 2. The highest BCUT2D eigenvalue weighted by molar-refractivity contribution is 5.88. The summed E-state index contributed by atoms with van der Waals surface area (Å²) in [6.07, 6.45) is 1.43. The number of ether oxygens (including phenoxy) is 2. The van der Waals surface area contributed by atoms with Crippen molar-refractivity contribution in [3.8, 4) is 11.5 Å². The Labute approximate surface area is 191 Å². The molecule has 174 valence electrons. The number of hydrogen-bond acceptors (Lipinski definition) is 4. The number of rotatable bonds is 10. The molecule has 0 aliphatic carbocycles. The van der Waals surface area contributed by atoms with E-state index in [1.165, 1.54) is 5.56 Å². The first-order valence-corrected chi connectivity index (χ1v) is 11.1. The van der Waals surface area contributed by atoms with Crippen molar-refractivity contribution < 1.29 is 19.1 Å². The summed E-state index contributed by atoms with van der Waals surface area (Å²) >= 11 is 0. The highest BCUT2D eigenvalue weighted by Gasteiger charge is 2.31. The number of nitrogens with zero attached hydrogens (tertiary/aromatic N) is 1. The maximum Gasteiger partial charge on any atom is 0.261 e. The van der Waals surface area contributed by atoms with Crippen molar-refractivity contribution in [1.29, 1.82) is 0 Å². The van der Waals surface area contributed by atoms with Gasteiger partial charge in [0.25, 0.3) is 5.91 Å². The van der Waals surface area contributed by atoms with Crippen LogP contribution in [-0.2, 0) is 22.6 Å². The molecule has 0 saturated heterocycles. The van der Waals surface area contributed by atoms with Gasteiger partial charge in [0.2, 0.25) is 5.91 Å². The number of methoxy groups -OCH3 is 1. The van der Waals surface area contributed by atoms with Crippen molar-refractivity contribution in [3.63, 3.8) is 0 Å². The summed E-state index contributed by atoms with van der Waals surface area (Å²) in [6, 6.07) is 14.6. The summed E-state index contributed by atoms with van der Waals surface area (Å²) in [5.41, 5.74) is 1.69. The number of amides is 2. The summed E-state index contributed by atoms with van der Waals surface area (Å²) in [7, 11) is 1.60. The molecule has 0 aliphatic heterocycles. The van der Waals surface area contributed by atoms with Gasteiger partial charge in [-0.15, -0.1) is 0 Å². The van der Waals surface area contributed by atoms with E-state index in [2.05, 4.69) is 12.2 Å². The first kappa shape index (κ1) is 25.2. The minimum atomic E-state index is -0.612. The molecule has 6 nitrogen and oxygen atoms in total. The van der Waals surface area contributed by atoms with Crippen LogP contribution < -0.4 is 14.8 Å². The molecule has 0 radical (unpaired) electrons. The molecule has 0 unspecified atom stereocenters. The quantitative estimate of drug-likeness (QED) is 0.596. The maximum absolute atomic E-state index is 13.3. The molecule has 0 spiro atoms. The smallest absolute Gasteiger partial charge is 0.261 e. The molecule has 2 amide bonds. The predicted octanol–water partition coefficient (Wildman–Crippen LogP) is 4.36. The van der Waals surface area contributed by atoms with Crippen LogP contribution in [0.2, 0.25) is 0 Å². The largest absolute Gasteiger partial charge is 0.497 e. The van der Waals surface area contributed by atoms with Gasteiger partial charge in [-0.05, 0) is 69.0 Å². The van der Waals surface area contributed by atoms with Gasteiger partial charge in [-0.1, -0.05) is 38.1 Å². The normalized spacial score (nSPS) is 12.1. The van der Waals surface area contributed by atoms with Crippen LogP contribution in [-0.4, -0.2) is 42.0 Å². The Morgan fingerprint density at radius 2 is 1.69 bits per heavy atom. The van der Waals surface area contributed by atoms with Gasteiger partial charge in [0.1, 0.15) is 17.5 Å².